The first-order chi connectivity index (χ1) is 12.7. The molecule has 2 heterocycles. The molecule has 2 atom stereocenters. The van der Waals surface area contributed by atoms with Crippen LogP contribution in [0, 0.1) is 0 Å². The van der Waals surface area contributed by atoms with Crippen molar-refractivity contribution in [1.29, 1.82) is 0 Å². The van der Waals surface area contributed by atoms with Crippen molar-refractivity contribution < 1.29 is 14.3 Å². The third-order valence-corrected chi connectivity index (χ3v) is 4.83. The lowest BCUT2D eigenvalue weighted by Crippen LogP contribution is -2.46. The molecule has 0 aliphatic carbocycles. The zero-order chi connectivity index (χ0) is 17.9. The third-order valence-electron chi connectivity index (χ3n) is 4.00. The lowest BCUT2D eigenvalue weighted by atomic mass is 10.1. The summed E-state index contributed by atoms with van der Waals surface area (Å²) >= 11 is 1.36. The number of anilines is 1. The molecule has 4 rings (SSSR count). The molecule has 2 aromatic carbocycles. The van der Waals surface area contributed by atoms with Gasteiger partial charge in [0.1, 0.15) is 11.1 Å². The number of ether oxygens (including phenoxy) is 2. The van der Waals surface area contributed by atoms with E-state index < -0.39 is 12.2 Å². The molecule has 0 spiro atoms. The van der Waals surface area contributed by atoms with Gasteiger partial charge in [-0.1, -0.05) is 53.8 Å². The number of carbonyl (C=O) groups excluding carboxylic acids is 1. The van der Waals surface area contributed by atoms with Crippen LogP contribution in [0.2, 0.25) is 0 Å². The van der Waals surface area contributed by atoms with E-state index >= 15 is 0 Å². The van der Waals surface area contributed by atoms with Crippen LogP contribution in [0.3, 0.4) is 0 Å². The Morgan fingerprint density at radius 3 is 2.50 bits per heavy atom. The molecule has 6 nitrogen and oxygen atoms in total. The average Bonchev–Trinajstić information content (AvgIpc) is 3.08. The number of para-hydroxylation sites is 2. The summed E-state index contributed by atoms with van der Waals surface area (Å²) in [6, 6.07) is 17.3. The summed E-state index contributed by atoms with van der Waals surface area (Å²) in [4.78, 5) is 12.6. The summed E-state index contributed by atoms with van der Waals surface area (Å²) in [5.41, 5.74) is 1.15. The van der Waals surface area contributed by atoms with E-state index in [0.29, 0.717) is 23.1 Å². The lowest BCUT2D eigenvalue weighted by molar-refractivity contribution is -0.128. The second-order valence-corrected chi connectivity index (χ2v) is 7.02. The fourth-order valence-electron chi connectivity index (χ4n) is 2.73. The zero-order valence-corrected chi connectivity index (χ0v) is 14.9. The van der Waals surface area contributed by atoms with E-state index in [9.17, 15) is 4.79 Å². The summed E-state index contributed by atoms with van der Waals surface area (Å²) in [5.74, 6) is 0.910. The van der Waals surface area contributed by atoms with Gasteiger partial charge in [-0.15, -0.1) is 10.2 Å². The Bertz CT molecular complexity index is 913. The Morgan fingerprint density at radius 1 is 1.04 bits per heavy atom. The maximum atomic E-state index is 12.6. The molecule has 2 unspecified atom stereocenters. The van der Waals surface area contributed by atoms with Gasteiger partial charge in [-0.3, -0.25) is 10.1 Å². The number of rotatable bonds is 4. The molecular weight excluding hydrogens is 350 g/mol. The van der Waals surface area contributed by atoms with E-state index in [-0.39, 0.29) is 5.91 Å². The van der Waals surface area contributed by atoms with Crippen LogP contribution in [0.1, 0.15) is 17.5 Å². The van der Waals surface area contributed by atoms with Crippen LogP contribution < -0.4 is 14.8 Å². The lowest BCUT2D eigenvalue weighted by Gasteiger charge is -2.30. The quantitative estimate of drug-likeness (QED) is 0.766. The van der Waals surface area contributed by atoms with Crippen molar-refractivity contribution in [2.45, 2.75) is 25.6 Å². The number of hydrogen-bond acceptors (Lipinski definition) is 6. The van der Waals surface area contributed by atoms with Crippen molar-refractivity contribution in [2.75, 3.05) is 5.32 Å². The number of fused-ring (bicyclic) bond motifs is 1. The molecule has 0 bridgehead atoms. The minimum atomic E-state index is -0.744. The number of hydrogen-bond donors (Lipinski definition) is 1. The van der Waals surface area contributed by atoms with E-state index in [1.54, 1.807) is 13.0 Å². The molecule has 0 saturated carbocycles. The Kier molecular flexibility index (Phi) is 4.53. The minimum Gasteiger partial charge on any atom is -0.482 e. The van der Waals surface area contributed by atoms with Crippen LogP contribution in [-0.2, 0) is 11.2 Å². The van der Waals surface area contributed by atoms with Crippen molar-refractivity contribution >= 4 is 22.4 Å². The molecule has 132 valence electrons. The van der Waals surface area contributed by atoms with Crippen LogP contribution >= 0.6 is 11.3 Å². The fourth-order valence-corrected chi connectivity index (χ4v) is 3.51. The fraction of sp³-hybridized carbons (Fsp3) is 0.211. The molecule has 7 heteroatoms. The Balaban J connectivity index is 1.42. The first kappa shape index (κ1) is 16.5. The molecule has 26 heavy (non-hydrogen) atoms. The van der Waals surface area contributed by atoms with Gasteiger partial charge in [0.05, 0.1) is 0 Å². The SMILES string of the molecule is CC1Oc2ccccc2OC1C(=O)Nc1nnc(Cc2ccccc2)s1. The second kappa shape index (κ2) is 7.13. The summed E-state index contributed by atoms with van der Waals surface area (Å²) < 4.78 is 11.6. The molecule has 1 N–H and O–H groups in total. The predicted octanol–water partition coefficient (Wildman–Crippen LogP) is 3.30. The van der Waals surface area contributed by atoms with Crippen molar-refractivity contribution in [3.05, 3.63) is 65.2 Å². The molecule has 3 aromatic rings. The van der Waals surface area contributed by atoms with E-state index in [2.05, 4.69) is 15.5 Å². The highest BCUT2D eigenvalue weighted by molar-refractivity contribution is 7.15. The van der Waals surface area contributed by atoms with Gasteiger partial charge < -0.3 is 9.47 Å². The van der Waals surface area contributed by atoms with Crippen molar-refractivity contribution in [3.8, 4) is 11.5 Å². The van der Waals surface area contributed by atoms with E-state index in [4.69, 9.17) is 9.47 Å². The normalized spacial score (nSPS) is 18.3. The number of aromatic nitrogens is 2. The monoisotopic (exact) mass is 367 g/mol. The van der Waals surface area contributed by atoms with Gasteiger partial charge in [-0.05, 0) is 24.6 Å². The van der Waals surface area contributed by atoms with E-state index in [1.807, 2.05) is 48.5 Å². The standard InChI is InChI=1S/C19H17N3O3S/c1-12-17(25-15-10-6-5-9-14(15)24-12)18(23)20-19-22-21-16(26-19)11-13-7-3-2-4-8-13/h2-10,12,17H,11H2,1H3,(H,20,22,23). The zero-order valence-electron chi connectivity index (χ0n) is 14.1. The highest BCUT2D eigenvalue weighted by Crippen LogP contribution is 2.33. The smallest absolute Gasteiger partial charge is 0.271 e. The van der Waals surface area contributed by atoms with Crippen molar-refractivity contribution in [3.63, 3.8) is 0 Å². The van der Waals surface area contributed by atoms with Crippen molar-refractivity contribution in [2.24, 2.45) is 0 Å². The average molecular weight is 367 g/mol. The molecule has 0 fully saturated rings. The van der Waals surface area contributed by atoms with Gasteiger partial charge in [0.15, 0.2) is 11.5 Å². The van der Waals surface area contributed by atoms with Crippen LogP contribution in [0.15, 0.2) is 54.6 Å². The largest absolute Gasteiger partial charge is 0.482 e. The van der Waals surface area contributed by atoms with E-state index in [0.717, 1.165) is 10.6 Å². The van der Waals surface area contributed by atoms with Gasteiger partial charge in [-0.2, -0.15) is 0 Å². The van der Waals surface area contributed by atoms with Gasteiger partial charge in [0, 0.05) is 6.42 Å². The molecule has 1 amide bonds. The number of amides is 1. The van der Waals surface area contributed by atoms with E-state index in [1.165, 1.54) is 11.3 Å². The highest BCUT2D eigenvalue weighted by atomic mass is 32.1. The first-order valence-corrected chi connectivity index (χ1v) is 9.10. The van der Waals surface area contributed by atoms with Crippen LogP contribution in [-0.4, -0.2) is 28.3 Å². The van der Waals surface area contributed by atoms with Gasteiger partial charge in [-0.25, -0.2) is 0 Å². The minimum absolute atomic E-state index is 0.297. The molecular formula is C19H17N3O3S. The molecule has 0 radical (unpaired) electrons. The Morgan fingerprint density at radius 2 is 1.73 bits per heavy atom. The second-order valence-electron chi connectivity index (χ2n) is 5.96. The molecule has 1 aliphatic rings. The van der Waals surface area contributed by atoms with Crippen molar-refractivity contribution in [1.82, 2.24) is 10.2 Å². The topological polar surface area (TPSA) is 73.3 Å². The van der Waals surface area contributed by atoms with Crippen LogP contribution in [0.4, 0.5) is 5.13 Å². The summed E-state index contributed by atoms with van der Waals surface area (Å²) in [6.45, 7) is 1.81. The van der Waals surface area contributed by atoms with Gasteiger partial charge in [0.25, 0.3) is 5.91 Å². The Hall–Kier alpha value is -2.93. The molecule has 0 saturated heterocycles. The molecule has 1 aromatic heterocycles. The third kappa shape index (κ3) is 3.52. The number of benzene rings is 2. The summed E-state index contributed by atoms with van der Waals surface area (Å²) in [6.07, 6.45) is -0.464. The number of nitrogens with one attached hydrogen (secondary N) is 1. The van der Waals surface area contributed by atoms with Crippen LogP contribution in [0.25, 0.3) is 0 Å². The van der Waals surface area contributed by atoms with Crippen LogP contribution in [0.5, 0.6) is 11.5 Å². The number of carbonyl (C=O) groups is 1. The molecule has 1 aliphatic heterocycles. The highest BCUT2D eigenvalue weighted by Gasteiger charge is 2.34. The van der Waals surface area contributed by atoms with Gasteiger partial charge >= 0.3 is 0 Å². The maximum Gasteiger partial charge on any atom is 0.271 e. The summed E-state index contributed by atoms with van der Waals surface area (Å²) in [7, 11) is 0. The summed E-state index contributed by atoms with van der Waals surface area (Å²) in [5, 5.41) is 12.3. The number of nitrogens with zero attached hydrogens (tertiary/aromatic N) is 2. The maximum absolute atomic E-state index is 12.6. The van der Waals surface area contributed by atoms with Gasteiger partial charge in [0.2, 0.25) is 11.2 Å². The first-order valence-electron chi connectivity index (χ1n) is 8.28. The Labute approximate surface area is 154 Å². The predicted molar refractivity (Wildman–Crippen MR) is 98.7 cm³/mol.